The summed E-state index contributed by atoms with van der Waals surface area (Å²) in [5.74, 6) is 0. The van der Waals surface area contributed by atoms with E-state index in [1.54, 1.807) is 0 Å². The molecule has 0 aliphatic carbocycles. The Hall–Kier alpha value is -0.136. The van der Waals surface area contributed by atoms with E-state index in [4.69, 9.17) is 5.11 Å². The zero-order valence-electron chi connectivity index (χ0n) is 3.56. The maximum atomic E-state index is 9.62. The molecule has 0 saturated heterocycles. The van der Waals surface area contributed by atoms with E-state index in [1.807, 2.05) is 0 Å². The Morgan fingerprint density at radius 2 is 2.50 bits per heavy atom. The normalized spacial score (nSPS) is 10.7. The summed E-state index contributed by atoms with van der Waals surface area (Å²) in [5, 5.41) is 7.93. The van der Waals surface area contributed by atoms with Gasteiger partial charge in [-0.25, -0.2) is 0 Å². The molecule has 0 atom stereocenters. The minimum absolute atomic E-state index is 0.648. The maximum Gasteiger partial charge on any atom is 0.278 e. The van der Waals surface area contributed by atoms with Crippen LogP contribution in [0.2, 0.25) is 0 Å². The van der Waals surface area contributed by atoms with Crippen LogP contribution in [0.25, 0.3) is 0 Å². The van der Waals surface area contributed by atoms with Gasteiger partial charge in [0.15, 0.2) is 0 Å². The molecule has 0 rings (SSSR count). The average molecular weight is 121 g/mol. The summed E-state index contributed by atoms with van der Waals surface area (Å²) in [6.45, 7) is 0. The van der Waals surface area contributed by atoms with Crippen LogP contribution in [0, 0.1) is 0 Å². The lowest BCUT2D eigenvalue weighted by atomic mass is 11.6. The Morgan fingerprint density at radius 3 is 2.50 bits per heavy atom. The lowest BCUT2D eigenvalue weighted by Crippen LogP contribution is -2.22. The zero-order chi connectivity index (χ0) is 4.99. The first kappa shape index (κ1) is 5.86. The molecule has 0 aromatic rings. The van der Waals surface area contributed by atoms with Crippen LogP contribution in [0.15, 0.2) is 0 Å². The van der Waals surface area contributed by atoms with Crippen LogP contribution in [-0.2, 0) is 0 Å². The molecule has 0 aromatic heterocycles. The number of carboxylic acid groups (broad SMARTS) is 1. The standard InChI is InChI=1S/CH7NO2Si2/c3-1(4)6-2-5/h2H,6H2,5H3,(H,3,4). The third-order valence-corrected chi connectivity index (χ3v) is 2.04. The Balaban J connectivity index is 2.83. The second-order valence-corrected chi connectivity index (χ2v) is 4.71. The van der Waals surface area contributed by atoms with Gasteiger partial charge in [0.2, 0.25) is 9.68 Å². The van der Waals surface area contributed by atoms with E-state index >= 15 is 0 Å². The monoisotopic (exact) mass is 121 g/mol. The molecule has 0 aromatic carbocycles. The van der Waals surface area contributed by atoms with Gasteiger partial charge in [0.1, 0.15) is 0 Å². The molecule has 0 fully saturated rings. The Morgan fingerprint density at radius 1 is 2.00 bits per heavy atom. The summed E-state index contributed by atoms with van der Waals surface area (Å²) in [5.41, 5.74) is -0.648. The smallest absolute Gasteiger partial charge is 0.278 e. The number of hydrogen-bond acceptors (Lipinski definition) is 2. The fourth-order valence-corrected chi connectivity index (χ4v) is 1.36. The van der Waals surface area contributed by atoms with E-state index in [0.29, 0.717) is 0 Å². The van der Waals surface area contributed by atoms with E-state index in [-0.39, 0.29) is 0 Å². The number of carbonyl (C=O) groups is 1. The van der Waals surface area contributed by atoms with Gasteiger partial charge < -0.3 is 9.75 Å². The van der Waals surface area contributed by atoms with Crippen molar-refractivity contribution in [3.63, 3.8) is 0 Å². The minimum Gasteiger partial charge on any atom is -0.485 e. The summed E-state index contributed by atoms with van der Waals surface area (Å²) in [6, 6.07) is 0. The molecule has 0 amide bonds. The summed E-state index contributed by atoms with van der Waals surface area (Å²) in [4.78, 5) is 9.62. The first-order valence-electron chi connectivity index (χ1n) is 1.63. The van der Waals surface area contributed by atoms with Crippen molar-refractivity contribution >= 4 is 25.7 Å². The van der Waals surface area contributed by atoms with Gasteiger partial charge in [-0.05, 0) is 0 Å². The minimum atomic E-state index is -0.915. The summed E-state index contributed by atoms with van der Waals surface area (Å²) < 4.78 is 2.75. The molecule has 0 aliphatic rings. The highest BCUT2D eigenvalue weighted by molar-refractivity contribution is 6.72. The molecule has 0 heterocycles. The molecule has 2 N–H and O–H groups in total. The van der Waals surface area contributed by atoms with Gasteiger partial charge in [0, 0.05) is 0 Å². The summed E-state index contributed by atoms with van der Waals surface area (Å²) >= 11 is 0. The first-order valence-corrected chi connectivity index (χ1v) is 4.05. The fraction of sp³-hybridized carbons (Fsp3) is 0. The van der Waals surface area contributed by atoms with Gasteiger partial charge in [-0.2, -0.15) is 0 Å². The average Bonchev–Trinajstić information content (AvgIpc) is 1.35. The first-order chi connectivity index (χ1) is 2.77. The highest BCUT2D eigenvalue weighted by atomic mass is 28.3. The van der Waals surface area contributed by atoms with Crippen molar-refractivity contribution in [2.75, 3.05) is 0 Å². The maximum absolute atomic E-state index is 9.62. The van der Waals surface area contributed by atoms with E-state index in [1.165, 1.54) is 0 Å². The van der Waals surface area contributed by atoms with Crippen LogP contribution in [0.3, 0.4) is 0 Å². The van der Waals surface area contributed by atoms with Crippen molar-refractivity contribution in [3.8, 4) is 0 Å². The van der Waals surface area contributed by atoms with Crippen LogP contribution in [0.1, 0.15) is 0 Å². The highest BCUT2D eigenvalue weighted by Gasteiger charge is 1.88. The van der Waals surface area contributed by atoms with Gasteiger partial charge in [-0.1, -0.05) is 0 Å². The molecule has 0 bridgehead atoms. The van der Waals surface area contributed by atoms with Gasteiger partial charge in [0.25, 0.3) is 5.59 Å². The third kappa shape index (κ3) is 3.86. The van der Waals surface area contributed by atoms with E-state index < -0.39 is 15.3 Å². The lowest BCUT2D eigenvalue weighted by Gasteiger charge is -1.82. The SMILES string of the molecule is O=C(O)[SiH2]N[SiH3]. The lowest BCUT2D eigenvalue weighted by molar-refractivity contribution is 0.219. The van der Waals surface area contributed by atoms with E-state index in [2.05, 4.69) is 4.65 Å². The van der Waals surface area contributed by atoms with Crippen molar-refractivity contribution in [2.24, 2.45) is 0 Å². The van der Waals surface area contributed by atoms with Gasteiger partial charge in [0.05, 0.1) is 10.4 Å². The number of hydrogen-bond donors (Lipinski definition) is 2. The quantitative estimate of drug-likeness (QED) is 0.401. The molecule has 0 unspecified atom stereocenters. The highest BCUT2D eigenvalue weighted by Crippen LogP contribution is 1.52. The van der Waals surface area contributed by atoms with Crippen molar-refractivity contribution in [2.45, 2.75) is 0 Å². The number of nitrogens with one attached hydrogen (secondary N) is 1. The molecule has 3 nitrogen and oxygen atoms in total. The van der Waals surface area contributed by atoms with Crippen molar-refractivity contribution in [1.29, 1.82) is 0 Å². The van der Waals surface area contributed by atoms with Crippen molar-refractivity contribution in [3.05, 3.63) is 0 Å². The van der Waals surface area contributed by atoms with Crippen LogP contribution in [0.4, 0.5) is 4.79 Å². The molecule has 5 heteroatoms. The Kier molecular flexibility index (Phi) is 3.00. The second kappa shape index (κ2) is 3.07. The molecule has 0 saturated carbocycles. The molecular formula is CH7NO2Si2. The summed E-state index contributed by atoms with van der Waals surface area (Å²) in [6.07, 6.45) is 0. The molecule has 36 valence electrons. The van der Waals surface area contributed by atoms with E-state index in [0.717, 1.165) is 10.4 Å². The van der Waals surface area contributed by atoms with Gasteiger partial charge >= 0.3 is 0 Å². The zero-order valence-corrected chi connectivity index (χ0v) is 6.98. The molecule has 0 aliphatic heterocycles. The van der Waals surface area contributed by atoms with Crippen molar-refractivity contribution < 1.29 is 9.90 Å². The second-order valence-electron chi connectivity index (χ2n) is 0.924. The summed E-state index contributed by atoms with van der Waals surface area (Å²) in [7, 11) is -0.0973. The fourth-order valence-electron chi connectivity index (χ4n) is 0.151. The predicted molar refractivity (Wildman–Crippen MR) is 29.6 cm³/mol. The van der Waals surface area contributed by atoms with Crippen LogP contribution in [-0.4, -0.2) is 30.8 Å². The van der Waals surface area contributed by atoms with E-state index in [9.17, 15) is 4.79 Å². The Bertz CT molecular complexity index is 55.5. The predicted octanol–water partition coefficient (Wildman–Crippen LogP) is -2.38. The Labute approximate surface area is 41.2 Å². The van der Waals surface area contributed by atoms with Gasteiger partial charge in [-0.15, -0.1) is 0 Å². The molecular weight excluding hydrogens is 114 g/mol. The van der Waals surface area contributed by atoms with Crippen LogP contribution >= 0.6 is 0 Å². The third-order valence-electron chi connectivity index (χ3n) is 0.328. The van der Waals surface area contributed by atoms with Crippen LogP contribution < -0.4 is 4.65 Å². The van der Waals surface area contributed by atoms with Crippen LogP contribution in [0.5, 0.6) is 0 Å². The molecule has 0 spiro atoms. The van der Waals surface area contributed by atoms with Gasteiger partial charge in [-0.3, -0.25) is 4.79 Å². The van der Waals surface area contributed by atoms with Crippen molar-refractivity contribution in [1.82, 2.24) is 4.65 Å². The largest absolute Gasteiger partial charge is 0.485 e. The topological polar surface area (TPSA) is 49.3 Å². The number of rotatable bonds is 2. The molecule has 0 radical (unpaired) electrons. The molecule has 6 heavy (non-hydrogen) atoms.